The van der Waals surface area contributed by atoms with E-state index in [1.807, 2.05) is 54.6 Å². The Labute approximate surface area is 225 Å². The summed E-state index contributed by atoms with van der Waals surface area (Å²) in [6, 6.07) is 24.0. The first-order valence-corrected chi connectivity index (χ1v) is 12.5. The minimum Gasteiger partial charge on any atom is -0.453 e. The monoisotopic (exact) mass is 536 g/mol. The second-order valence-corrected chi connectivity index (χ2v) is 9.23. The van der Waals surface area contributed by atoms with Gasteiger partial charge in [-0.1, -0.05) is 77.8 Å². The highest BCUT2D eigenvalue weighted by Gasteiger charge is 2.21. The lowest BCUT2D eigenvalue weighted by Gasteiger charge is -2.17. The third-order valence-electron chi connectivity index (χ3n) is 5.75. The van der Waals surface area contributed by atoms with Gasteiger partial charge in [0.15, 0.2) is 0 Å². The molecule has 1 aromatic heterocycles. The van der Waals surface area contributed by atoms with Crippen molar-refractivity contribution in [3.05, 3.63) is 106 Å². The van der Waals surface area contributed by atoms with E-state index in [2.05, 4.69) is 20.4 Å². The van der Waals surface area contributed by atoms with E-state index in [4.69, 9.17) is 28.2 Å². The number of carbonyl (C=O) groups excluding carboxylic acids is 2. The molecule has 0 unspecified atom stereocenters. The molecule has 1 heterocycles. The van der Waals surface area contributed by atoms with Crippen molar-refractivity contribution in [2.24, 2.45) is 0 Å². The third-order valence-corrected chi connectivity index (χ3v) is 6.25. The summed E-state index contributed by atoms with van der Waals surface area (Å²) in [5.74, 6) is 0.449. The van der Waals surface area contributed by atoms with Crippen LogP contribution in [0.2, 0.25) is 10.2 Å². The molecule has 2 amide bonds. The highest BCUT2D eigenvalue weighted by Crippen LogP contribution is 2.29. The number of methoxy groups -OCH3 is 1. The molecule has 9 heteroatoms. The average molecular weight is 537 g/mol. The largest absolute Gasteiger partial charge is 0.453 e. The average Bonchev–Trinajstić information content (AvgIpc) is 3.29. The number of halogens is 2. The second kappa shape index (κ2) is 12.4. The van der Waals surface area contributed by atoms with E-state index >= 15 is 0 Å². The first-order valence-electron chi connectivity index (χ1n) is 11.7. The fourth-order valence-corrected chi connectivity index (χ4v) is 4.35. The summed E-state index contributed by atoms with van der Waals surface area (Å²) in [6.45, 7) is 0. The zero-order chi connectivity index (χ0) is 26.2. The van der Waals surface area contributed by atoms with E-state index in [1.54, 1.807) is 24.3 Å². The maximum Gasteiger partial charge on any atom is 0.411 e. The number of nitrogens with one attached hydrogen (secondary N) is 3. The first-order chi connectivity index (χ1) is 17.9. The van der Waals surface area contributed by atoms with Crippen molar-refractivity contribution in [2.45, 2.75) is 25.3 Å². The number of aromatic amines is 1. The molecule has 0 bridgehead atoms. The number of imidazole rings is 1. The van der Waals surface area contributed by atoms with Crippen molar-refractivity contribution in [1.82, 2.24) is 15.3 Å². The maximum absolute atomic E-state index is 12.9. The molecule has 4 rings (SSSR count). The van der Waals surface area contributed by atoms with Crippen LogP contribution in [0.15, 0.2) is 78.9 Å². The Balaban J connectivity index is 1.52. The van der Waals surface area contributed by atoms with Gasteiger partial charge in [-0.05, 0) is 48.2 Å². The van der Waals surface area contributed by atoms with Crippen LogP contribution in [0.1, 0.15) is 29.4 Å². The Kier molecular flexibility index (Phi) is 8.82. The van der Waals surface area contributed by atoms with Gasteiger partial charge < -0.3 is 15.0 Å². The highest BCUT2D eigenvalue weighted by molar-refractivity contribution is 6.32. The molecule has 0 saturated heterocycles. The van der Waals surface area contributed by atoms with E-state index < -0.39 is 12.1 Å². The van der Waals surface area contributed by atoms with Crippen LogP contribution in [0.4, 0.5) is 10.5 Å². The fourth-order valence-electron chi connectivity index (χ4n) is 3.89. The summed E-state index contributed by atoms with van der Waals surface area (Å²) in [7, 11) is 1.30. The zero-order valence-corrected chi connectivity index (χ0v) is 21.6. The van der Waals surface area contributed by atoms with Gasteiger partial charge in [-0.2, -0.15) is 0 Å². The predicted octanol–water partition coefficient (Wildman–Crippen LogP) is 6.59. The second-order valence-electron chi connectivity index (χ2n) is 8.42. The number of hydrogen-bond donors (Lipinski definition) is 3. The molecule has 190 valence electrons. The number of H-pyrrole nitrogens is 1. The molecule has 0 fully saturated rings. The quantitative estimate of drug-likeness (QED) is 0.224. The number of aromatic nitrogens is 2. The molecule has 0 aliphatic carbocycles. The Morgan fingerprint density at radius 1 is 0.973 bits per heavy atom. The smallest absolute Gasteiger partial charge is 0.411 e. The Bertz CT molecular complexity index is 1360. The van der Waals surface area contributed by atoms with Crippen LogP contribution in [0.25, 0.3) is 11.3 Å². The molecule has 37 heavy (non-hydrogen) atoms. The van der Waals surface area contributed by atoms with Gasteiger partial charge in [-0.15, -0.1) is 0 Å². The molecule has 0 spiro atoms. The number of nitrogens with zero attached hydrogens (tertiary/aromatic N) is 1. The lowest BCUT2D eigenvalue weighted by molar-refractivity contribution is -0.121. The third kappa shape index (κ3) is 7.35. The van der Waals surface area contributed by atoms with Gasteiger partial charge in [0, 0.05) is 22.7 Å². The van der Waals surface area contributed by atoms with Gasteiger partial charge in [0.05, 0.1) is 13.2 Å². The standard InChI is InChI=1S/C28H26Cl2N4O3/c1-37-28(36)31-22-13-11-20(12-14-22)25-26(30)34-27(33-25)23(17-18-6-3-2-4-7-18)32-24(35)15-10-19-8-5-9-21(29)16-19/h2-9,11-14,16,23H,10,15,17H2,1H3,(H,31,36)(H,32,35)(H,33,34)/t23-/m0/s1. The molecule has 0 aliphatic heterocycles. The number of anilines is 1. The molecular formula is C28H26Cl2N4O3. The number of ether oxygens (including phenoxy) is 1. The molecule has 0 radical (unpaired) electrons. The van der Waals surface area contributed by atoms with Crippen LogP contribution in [0.3, 0.4) is 0 Å². The summed E-state index contributed by atoms with van der Waals surface area (Å²) < 4.78 is 4.62. The van der Waals surface area contributed by atoms with E-state index in [1.165, 1.54) is 7.11 Å². The summed E-state index contributed by atoms with van der Waals surface area (Å²) in [5.41, 5.74) is 3.93. The molecule has 0 aliphatic rings. The summed E-state index contributed by atoms with van der Waals surface area (Å²) in [5, 5.41) is 6.72. The molecule has 4 aromatic rings. The van der Waals surface area contributed by atoms with Gasteiger partial charge in [-0.25, -0.2) is 9.78 Å². The Hall–Kier alpha value is -3.81. The maximum atomic E-state index is 12.9. The molecule has 7 nitrogen and oxygen atoms in total. The number of rotatable bonds is 9. The van der Waals surface area contributed by atoms with E-state index in [9.17, 15) is 9.59 Å². The number of aryl methyl sites for hydroxylation is 1. The summed E-state index contributed by atoms with van der Waals surface area (Å²) in [4.78, 5) is 32.2. The number of benzene rings is 3. The highest BCUT2D eigenvalue weighted by atomic mass is 35.5. The van der Waals surface area contributed by atoms with Crippen LogP contribution in [0, 0.1) is 0 Å². The lowest BCUT2D eigenvalue weighted by atomic mass is 10.0. The number of carbonyl (C=O) groups is 2. The van der Waals surface area contributed by atoms with Crippen LogP contribution in [-0.4, -0.2) is 29.1 Å². The van der Waals surface area contributed by atoms with Crippen LogP contribution < -0.4 is 10.6 Å². The Morgan fingerprint density at radius 3 is 2.41 bits per heavy atom. The van der Waals surface area contributed by atoms with Crippen LogP contribution in [0.5, 0.6) is 0 Å². The van der Waals surface area contributed by atoms with Crippen LogP contribution in [-0.2, 0) is 22.4 Å². The van der Waals surface area contributed by atoms with E-state index in [-0.39, 0.29) is 5.91 Å². The molecule has 1 atom stereocenters. The van der Waals surface area contributed by atoms with Crippen LogP contribution >= 0.6 is 23.2 Å². The number of amides is 2. The Morgan fingerprint density at radius 2 is 1.70 bits per heavy atom. The lowest BCUT2D eigenvalue weighted by Crippen LogP contribution is -2.31. The van der Waals surface area contributed by atoms with Gasteiger partial charge in [0.1, 0.15) is 16.7 Å². The normalized spacial score (nSPS) is 11.5. The first kappa shape index (κ1) is 26.3. The molecular weight excluding hydrogens is 511 g/mol. The predicted molar refractivity (Wildman–Crippen MR) is 146 cm³/mol. The van der Waals surface area contributed by atoms with Crippen molar-refractivity contribution in [3.63, 3.8) is 0 Å². The van der Waals surface area contributed by atoms with Crippen molar-refractivity contribution in [2.75, 3.05) is 12.4 Å². The van der Waals surface area contributed by atoms with Gasteiger partial charge >= 0.3 is 6.09 Å². The zero-order valence-electron chi connectivity index (χ0n) is 20.1. The van der Waals surface area contributed by atoms with Gasteiger partial charge in [0.2, 0.25) is 5.91 Å². The van der Waals surface area contributed by atoms with E-state index in [0.717, 1.165) is 16.7 Å². The molecule has 0 saturated carbocycles. The van der Waals surface area contributed by atoms with Crippen molar-refractivity contribution < 1.29 is 14.3 Å². The van der Waals surface area contributed by atoms with Crippen molar-refractivity contribution >= 4 is 40.9 Å². The van der Waals surface area contributed by atoms with Gasteiger partial charge in [0.25, 0.3) is 0 Å². The van der Waals surface area contributed by atoms with E-state index in [0.29, 0.717) is 46.6 Å². The molecule has 3 N–H and O–H groups in total. The summed E-state index contributed by atoms with van der Waals surface area (Å²) >= 11 is 12.6. The topological polar surface area (TPSA) is 96.1 Å². The van der Waals surface area contributed by atoms with Gasteiger partial charge in [-0.3, -0.25) is 10.1 Å². The van der Waals surface area contributed by atoms with Crippen molar-refractivity contribution in [1.29, 1.82) is 0 Å². The minimum atomic E-state index is -0.553. The summed E-state index contributed by atoms with van der Waals surface area (Å²) in [6.07, 6.45) is 0.861. The SMILES string of the molecule is COC(=O)Nc1ccc(-c2nc([C@H](Cc3ccccc3)NC(=O)CCc3cccc(Cl)c3)[nH]c2Cl)cc1. The number of hydrogen-bond acceptors (Lipinski definition) is 4. The fraction of sp³-hybridized carbons (Fsp3) is 0.179. The van der Waals surface area contributed by atoms with Crippen molar-refractivity contribution in [3.8, 4) is 11.3 Å². The molecule has 3 aromatic carbocycles. The minimum absolute atomic E-state index is 0.104.